The fourth-order valence-corrected chi connectivity index (χ4v) is 2.94. The fraction of sp³-hybridized carbons (Fsp3) is 0. The van der Waals surface area contributed by atoms with Gasteiger partial charge in [-0.05, 0) is 53.3 Å². The quantitative estimate of drug-likeness (QED) is 0.190. The van der Waals surface area contributed by atoms with Crippen LogP contribution < -0.4 is 0 Å². The van der Waals surface area contributed by atoms with Gasteiger partial charge in [0.15, 0.2) is 5.78 Å². The van der Waals surface area contributed by atoms with Gasteiger partial charge >= 0.3 is 0 Å². The summed E-state index contributed by atoms with van der Waals surface area (Å²) in [7, 11) is 0. The van der Waals surface area contributed by atoms with Crippen LogP contribution in [0, 0.1) is 10.1 Å². The lowest BCUT2D eigenvalue weighted by atomic mass is 10.0. The van der Waals surface area contributed by atoms with Crippen LogP contribution >= 0.6 is 0 Å². The third kappa shape index (κ3) is 3.59. The number of benzene rings is 3. The molecular formula is C23H15NO4. The van der Waals surface area contributed by atoms with Crippen molar-refractivity contribution >= 4 is 28.3 Å². The molecule has 0 aliphatic heterocycles. The number of nitro groups is 1. The molecule has 5 nitrogen and oxygen atoms in total. The summed E-state index contributed by atoms with van der Waals surface area (Å²) >= 11 is 0. The van der Waals surface area contributed by atoms with Crippen molar-refractivity contribution in [3.05, 3.63) is 106 Å². The predicted octanol–water partition coefficient (Wildman–Crippen LogP) is 5.90. The highest BCUT2D eigenvalue weighted by molar-refractivity contribution is 6.08. The van der Waals surface area contributed by atoms with E-state index >= 15 is 0 Å². The number of furan rings is 1. The molecule has 0 N–H and O–H groups in total. The number of ketones is 1. The largest absolute Gasteiger partial charge is 0.457 e. The molecule has 136 valence electrons. The Hall–Kier alpha value is -3.99. The zero-order valence-corrected chi connectivity index (χ0v) is 14.7. The Morgan fingerprint density at radius 1 is 0.893 bits per heavy atom. The summed E-state index contributed by atoms with van der Waals surface area (Å²) in [5, 5.41) is 12.8. The van der Waals surface area contributed by atoms with Gasteiger partial charge in [0.2, 0.25) is 0 Å². The molecule has 1 heterocycles. The van der Waals surface area contributed by atoms with Crippen molar-refractivity contribution < 1.29 is 14.1 Å². The van der Waals surface area contributed by atoms with Crippen LogP contribution in [0.25, 0.3) is 28.2 Å². The third-order valence-corrected chi connectivity index (χ3v) is 4.42. The number of fused-ring (bicyclic) bond motifs is 1. The van der Waals surface area contributed by atoms with Gasteiger partial charge in [0, 0.05) is 23.3 Å². The van der Waals surface area contributed by atoms with Crippen LogP contribution in [0.4, 0.5) is 5.69 Å². The molecule has 0 saturated carbocycles. The third-order valence-electron chi connectivity index (χ3n) is 4.42. The van der Waals surface area contributed by atoms with Crippen molar-refractivity contribution in [1.82, 2.24) is 0 Å². The van der Waals surface area contributed by atoms with E-state index in [1.807, 2.05) is 36.4 Å². The first kappa shape index (κ1) is 17.4. The minimum atomic E-state index is -0.446. The van der Waals surface area contributed by atoms with E-state index in [9.17, 15) is 14.9 Å². The van der Waals surface area contributed by atoms with Crippen LogP contribution in [-0.4, -0.2) is 10.7 Å². The van der Waals surface area contributed by atoms with Crippen LogP contribution in [0.1, 0.15) is 16.1 Å². The molecular weight excluding hydrogens is 354 g/mol. The highest BCUT2D eigenvalue weighted by Crippen LogP contribution is 2.25. The van der Waals surface area contributed by atoms with Crippen molar-refractivity contribution in [2.24, 2.45) is 0 Å². The first-order valence-electron chi connectivity index (χ1n) is 8.66. The van der Waals surface area contributed by atoms with Crippen molar-refractivity contribution in [2.45, 2.75) is 0 Å². The van der Waals surface area contributed by atoms with Gasteiger partial charge in [0.1, 0.15) is 11.5 Å². The van der Waals surface area contributed by atoms with Gasteiger partial charge in [-0.15, -0.1) is 0 Å². The van der Waals surface area contributed by atoms with E-state index in [2.05, 4.69) is 0 Å². The Bertz CT molecular complexity index is 1200. The van der Waals surface area contributed by atoms with Crippen molar-refractivity contribution in [1.29, 1.82) is 0 Å². The molecule has 1 aromatic heterocycles. The van der Waals surface area contributed by atoms with Gasteiger partial charge < -0.3 is 4.42 Å². The summed E-state index contributed by atoms with van der Waals surface area (Å²) in [4.78, 5) is 22.7. The van der Waals surface area contributed by atoms with E-state index < -0.39 is 4.92 Å². The molecule has 0 unspecified atom stereocenters. The lowest BCUT2D eigenvalue weighted by Gasteiger charge is -2.00. The number of rotatable bonds is 5. The maximum Gasteiger partial charge on any atom is 0.269 e. The first-order chi connectivity index (χ1) is 13.6. The number of allylic oxidation sites excluding steroid dienone is 1. The summed E-state index contributed by atoms with van der Waals surface area (Å²) in [6.45, 7) is 0. The number of carbonyl (C=O) groups excluding carboxylic acids is 1. The molecule has 0 saturated heterocycles. The molecule has 28 heavy (non-hydrogen) atoms. The Morgan fingerprint density at radius 2 is 1.64 bits per heavy atom. The molecule has 0 aliphatic carbocycles. The molecule has 0 bridgehead atoms. The molecule has 0 amide bonds. The second-order valence-electron chi connectivity index (χ2n) is 6.27. The van der Waals surface area contributed by atoms with E-state index in [-0.39, 0.29) is 11.5 Å². The zero-order valence-electron chi connectivity index (χ0n) is 14.7. The Labute approximate surface area is 160 Å². The average Bonchev–Trinajstić information content (AvgIpc) is 3.21. The van der Waals surface area contributed by atoms with Gasteiger partial charge in [0.05, 0.1) is 4.92 Å². The van der Waals surface area contributed by atoms with Gasteiger partial charge in [0.25, 0.3) is 5.69 Å². The lowest BCUT2D eigenvalue weighted by molar-refractivity contribution is -0.384. The number of nitrogens with zero attached hydrogens (tertiary/aromatic N) is 1. The van der Waals surface area contributed by atoms with E-state index in [1.54, 1.807) is 36.4 Å². The Morgan fingerprint density at radius 3 is 2.39 bits per heavy atom. The Balaban J connectivity index is 1.51. The molecule has 0 aliphatic rings. The van der Waals surface area contributed by atoms with E-state index in [0.717, 1.165) is 16.3 Å². The van der Waals surface area contributed by atoms with Crippen LogP contribution in [0.3, 0.4) is 0 Å². The van der Waals surface area contributed by atoms with Crippen molar-refractivity contribution in [2.75, 3.05) is 0 Å². The maximum atomic E-state index is 12.4. The topological polar surface area (TPSA) is 73.3 Å². The molecule has 0 spiro atoms. The summed E-state index contributed by atoms with van der Waals surface area (Å²) in [5.41, 5.74) is 1.36. The standard InChI is InChI=1S/C23H15NO4/c25-22(19-6-5-16-3-1-2-4-18(16)15-19)13-11-21-12-14-23(28-21)17-7-9-20(10-8-17)24(26)27/h1-15H/b13-11+. The van der Waals surface area contributed by atoms with E-state index in [0.29, 0.717) is 17.1 Å². The van der Waals surface area contributed by atoms with Gasteiger partial charge in [-0.1, -0.05) is 36.4 Å². The second kappa shape index (κ2) is 7.32. The first-order valence-corrected chi connectivity index (χ1v) is 8.66. The van der Waals surface area contributed by atoms with Crippen molar-refractivity contribution in [3.63, 3.8) is 0 Å². The lowest BCUT2D eigenvalue weighted by Crippen LogP contribution is -1.93. The minimum Gasteiger partial charge on any atom is -0.457 e. The normalized spacial score (nSPS) is 11.1. The summed E-state index contributed by atoms with van der Waals surface area (Å²) in [6.07, 6.45) is 3.09. The number of hydrogen-bond donors (Lipinski definition) is 0. The number of nitro benzene ring substituents is 1. The smallest absolute Gasteiger partial charge is 0.269 e. The van der Waals surface area contributed by atoms with E-state index in [1.165, 1.54) is 18.2 Å². The molecule has 0 atom stereocenters. The van der Waals surface area contributed by atoms with Gasteiger partial charge in [-0.2, -0.15) is 0 Å². The summed E-state index contributed by atoms with van der Waals surface area (Å²) in [5.74, 6) is 0.995. The van der Waals surface area contributed by atoms with Gasteiger partial charge in [-0.25, -0.2) is 0 Å². The number of carbonyl (C=O) groups is 1. The second-order valence-corrected chi connectivity index (χ2v) is 6.27. The van der Waals surface area contributed by atoms with Crippen LogP contribution in [0.5, 0.6) is 0 Å². The molecule has 4 rings (SSSR count). The Kier molecular flexibility index (Phi) is 4.56. The highest BCUT2D eigenvalue weighted by atomic mass is 16.6. The zero-order chi connectivity index (χ0) is 19.5. The fourth-order valence-electron chi connectivity index (χ4n) is 2.94. The predicted molar refractivity (Wildman–Crippen MR) is 108 cm³/mol. The average molecular weight is 369 g/mol. The number of hydrogen-bond acceptors (Lipinski definition) is 4. The van der Waals surface area contributed by atoms with Crippen LogP contribution in [-0.2, 0) is 0 Å². The number of non-ortho nitro benzene ring substituents is 1. The van der Waals surface area contributed by atoms with Crippen LogP contribution in [0.2, 0.25) is 0 Å². The molecule has 0 fully saturated rings. The van der Waals surface area contributed by atoms with Gasteiger partial charge in [-0.3, -0.25) is 14.9 Å². The summed E-state index contributed by atoms with van der Waals surface area (Å²) in [6, 6.07) is 23.1. The molecule has 3 aromatic carbocycles. The van der Waals surface area contributed by atoms with E-state index in [4.69, 9.17) is 4.42 Å². The van der Waals surface area contributed by atoms with Crippen molar-refractivity contribution in [3.8, 4) is 11.3 Å². The minimum absolute atomic E-state index is 0.0245. The maximum absolute atomic E-state index is 12.4. The monoisotopic (exact) mass is 369 g/mol. The van der Waals surface area contributed by atoms with Crippen LogP contribution in [0.15, 0.2) is 89.4 Å². The molecule has 0 radical (unpaired) electrons. The molecule has 5 heteroatoms. The highest BCUT2D eigenvalue weighted by Gasteiger charge is 2.08. The molecule has 4 aromatic rings. The summed E-state index contributed by atoms with van der Waals surface area (Å²) < 4.78 is 5.72. The SMILES string of the molecule is O=C(/C=C/c1ccc(-c2ccc([N+](=O)[O-])cc2)o1)c1ccc2ccccc2c1.